The molecule has 0 spiro atoms. The van der Waals surface area contributed by atoms with Gasteiger partial charge in [0.1, 0.15) is 5.82 Å². The van der Waals surface area contributed by atoms with Gasteiger partial charge in [-0.3, -0.25) is 4.79 Å². The second-order valence-electron chi connectivity index (χ2n) is 4.44. The van der Waals surface area contributed by atoms with Gasteiger partial charge in [-0.15, -0.1) is 5.10 Å². The third-order valence-electron chi connectivity index (χ3n) is 3.16. The van der Waals surface area contributed by atoms with Crippen molar-refractivity contribution in [3.05, 3.63) is 28.5 Å². The standard InChI is InChI=1S/C12H12BrFN4O2/c1-6(12(19)20)7(2)18-11(15-16-17-18)9-4-3-8(13)5-10(9)14/h3-7H,1-2H3,(H,19,20). The summed E-state index contributed by atoms with van der Waals surface area (Å²) in [5, 5.41) is 20.1. The number of nitrogens with zero attached hydrogens (tertiary/aromatic N) is 4. The van der Waals surface area contributed by atoms with Gasteiger partial charge < -0.3 is 5.11 Å². The van der Waals surface area contributed by atoms with Crippen molar-refractivity contribution in [1.82, 2.24) is 20.2 Å². The van der Waals surface area contributed by atoms with Gasteiger partial charge in [0, 0.05) is 4.47 Å². The molecule has 0 aliphatic heterocycles. The number of carboxylic acids is 1. The van der Waals surface area contributed by atoms with Gasteiger partial charge >= 0.3 is 5.97 Å². The molecule has 1 aromatic heterocycles. The highest BCUT2D eigenvalue weighted by Crippen LogP contribution is 2.27. The first-order valence-corrected chi connectivity index (χ1v) is 6.67. The maximum atomic E-state index is 14.0. The molecule has 0 bridgehead atoms. The van der Waals surface area contributed by atoms with Crippen LogP contribution in [0.3, 0.4) is 0 Å². The molecule has 2 rings (SSSR count). The summed E-state index contributed by atoms with van der Waals surface area (Å²) < 4.78 is 15.9. The van der Waals surface area contributed by atoms with E-state index in [1.54, 1.807) is 26.0 Å². The molecule has 0 amide bonds. The average Bonchev–Trinajstić information content (AvgIpc) is 2.85. The second kappa shape index (κ2) is 5.66. The number of aliphatic carboxylic acids is 1. The van der Waals surface area contributed by atoms with Crippen LogP contribution in [0.15, 0.2) is 22.7 Å². The van der Waals surface area contributed by atoms with E-state index in [1.165, 1.54) is 10.7 Å². The highest BCUT2D eigenvalue weighted by atomic mass is 79.9. The number of aromatic nitrogens is 4. The first-order chi connectivity index (χ1) is 9.41. The van der Waals surface area contributed by atoms with Crippen LogP contribution in [0.1, 0.15) is 19.9 Å². The Morgan fingerprint density at radius 2 is 2.15 bits per heavy atom. The van der Waals surface area contributed by atoms with E-state index in [2.05, 4.69) is 31.5 Å². The Kier molecular flexibility index (Phi) is 4.12. The smallest absolute Gasteiger partial charge is 0.308 e. The fourth-order valence-corrected chi connectivity index (χ4v) is 2.07. The molecular formula is C12H12BrFN4O2. The van der Waals surface area contributed by atoms with Gasteiger partial charge in [-0.25, -0.2) is 9.07 Å². The van der Waals surface area contributed by atoms with E-state index in [0.717, 1.165) is 0 Å². The van der Waals surface area contributed by atoms with Crippen molar-refractivity contribution >= 4 is 21.9 Å². The van der Waals surface area contributed by atoms with E-state index in [0.29, 0.717) is 4.47 Å². The number of halogens is 2. The Morgan fingerprint density at radius 1 is 1.45 bits per heavy atom. The average molecular weight is 343 g/mol. The van der Waals surface area contributed by atoms with Crippen molar-refractivity contribution in [1.29, 1.82) is 0 Å². The minimum Gasteiger partial charge on any atom is -0.481 e. The van der Waals surface area contributed by atoms with Crippen LogP contribution in [0.2, 0.25) is 0 Å². The summed E-state index contributed by atoms with van der Waals surface area (Å²) in [4.78, 5) is 11.0. The Labute approximate surface area is 122 Å². The highest BCUT2D eigenvalue weighted by Gasteiger charge is 2.25. The van der Waals surface area contributed by atoms with Crippen LogP contribution in [0.4, 0.5) is 4.39 Å². The lowest BCUT2D eigenvalue weighted by Gasteiger charge is -2.17. The van der Waals surface area contributed by atoms with Gasteiger partial charge in [-0.2, -0.15) is 0 Å². The number of rotatable bonds is 4. The molecule has 6 nitrogen and oxygen atoms in total. The zero-order chi connectivity index (χ0) is 14.9. The lowest BCUT2D eigenvalue weighted by atomic mass is 10.0. The van der Waals surface area contributed by atoms with Crippen LogP contribution < -0.4 is 0 Å². The highest BCUT2D eigenvalue weighted by molar-refractivity contribution is 9.10. The molecule has 1 aromatic carbocycles. The number of hydrogen-bond donors (Lipinski definition) is 1. The largest absolute Gasteiger partial charge is 0.481 e. The summed E-state index contributed by atoms with van der Waals surface area (Å²) in [5.41, 5.74) is 0.225. The summed E-state index contributed by atoms with van der Waals surface area (Å²) in [6.07, 6.45) is 0. The Balaban J connectivity index is 2.45. The molecule has 1 N–H and O–H groups in total. The predicted octanol–water partition coefficient (Wildman–Crippen LogP) is 2.52. The second-order valence-corrected chi connectivity index (χ2v) is 5.35. The van der Waals surface area contributed by atoms with Crippen molar-refractivity contribution in [3.8, 4) is 11.4 Å². The van der Waals surface area contributed by atoms with E-state index in [1.807, 2.05) is 0 Å². The van der Waals surface area contributed by atoms with Crippen molar-refractivity contribution in [2.75, 3.05) is 0 Å². The molecule has 0 radical (unpaired) electrons. The van der Waals surface area contributed by atoms with Gasteiger partial charge in [0.2, 0.25) is 0 Å². The fourth-order valence-electron chi connectivity index (χ4n) is 1.73. The lowest BCUT2D eigenvalue weighted by molar-refractivity contribution is -0.142. The normalized spacial score (nSPS) is 14.0. The summed E-state index contributed by atoms with van der Waals surface area (Å²) in [6, 6.07) is 4.02. The van der Waals surface area contributed by atoms with E-state index in [4.69, 9.17) is 5.11 Å². The third kappa shape index (κ3) is 2.69. The van der Waals surface area contributed by atoms with Gasteiger partial charge in [0.25, 0.3) is 0 Å². The molecule has 1 heterocycles. The van der Waals surface area contributed by atoms with Gasteiger partial charge in [-0.1, -0.05) is 15.9 Å². The lowest BCUT2D eigenvalue weighted by Crippen LogP contribution is -2.23. The predicted molar refractivity (Wildman–Crippen MR) is 72.4 cm³/mol. The van der Waals surface area contributed by atoms with Crippen LogP contribution in [0.25, 0.3) is 11.4 Å². The number of carbonyl (C=O) groups is 1. The zero-order valence-electron chi connectivity index (χ0n) is 10.8. The molecule has 8 heteroatoms. The van der Waals surface area contributed by atoms with Crippen molar-refractivity contribution in [3.63, 3.8) is 0 Å². The number of tetrazole rings is 1. The Morgan fingerprint density at radius 3 is 2.75 bits per heavy atom. The molecule has 0 aliphatic rings. The zero-order valence-corrected chi connectivity index (χ0v) is 12.4. The monoisotopic (exact) mass is 342 g/mol. The minimum absolute atomic E-state index is 0.204. The summed E-state index contributed by atoms with van der Waals surface area (Å²) in [7, 11) is 0. The maximum absolute atomic E-state index is 14.0. The number of hydrogen-bond acceptors (Lipinski definition) is 4. The minimum atomic E-state index is -0.963. The Hall–Kier alpha value is -1.83. The number of carboxylic acid groups (broad SMARTS) is 1. The molecule has 2 unspecified atom stereocenters. The first kappa shape index (κ1) is 14.6. The molecule has 0 aliphatic carbocycles. The molecule has 20 heavy (non-hydrogen) atoms. The summed E-state index contributed by atoms with van der Waals surface area (Å²) in [5.74, 6) is -1.94. The summed E-state index contributed by atoms with van der Waals surface area (Å²) in [6.45, 7) is 3.23. The van der Waals surface area contributed by atoms with Crippen molar-refractivity contribution in [2.45, 2.75) is 19.9 Å². The molecule has 2 aromatic rings. The van der Waals surface area contributed by atoms with E-state index in [-0.39, 0.29) is 11.4 Å². The molecule has 0 saturated carbocycles. The van der Waals surface area contributed by atoms with Crippen LogP contribution in [-0.2, 0) is 4.79 Å². The summed E-state index contributed by atoms with van der Waals surface area (Å²) >= 11 is 3.17. The maximum Gasteiger partial charge on any atom is 0.308 e. The molecule has 106 valence electrons. The quantitative estimate of drug-likeness (QED) is 0.923. The Bertz CT molecular complexity index is 646. The van der Waals surface area contributed by atoms with E-state index >= 15 is 0 Å². The molecule has 2 atom stereocenters. The molecular weight excluding hydrogens is 331 g/mol. The van der Waals surface area contributed by atoms with Gasteiger partial charge in [0.05, 0.1) is 17.5 Å². The van der Waals surface area contributed by atoms with E-state index < -0.39 is 23.7 Å². The van der Waals surface area contributed by atoms with Crippen LogP contribution in [-0.4, -0.2) is 31.3 Å². The van der Waals surface area contributed by atoms with Crippen LogP contribution in [0, 0.1) is 11.7 Å². The molecule has 0 fully saturated rings. The molecule has 0 saturated heterocycles. The van der Waals surface area contributed by atoms with E-state index in [9.17, 15) is 9.18 Å². The first-order valence-electron chi connectivity index (χ1n) is 5.88. The van der Waals surface area contributed by atoms with Crippen molar-refractivity contribution < 1.29 is 14.3 Å². The van der Waals surface area contributed by atoms with Gasteiger partial charge in [-0.05, 0) is 42.5 Å². The third-order valence-corrected chi connectivity index (χ3v) is 3.66. The fraction of sp³-hybridized carbons (Fsp3) is 0.333. The van der Waals surface area contributed by atoms with Crippen LogP contribution >= 0.6 is 15.9 Å². The van der Waals surface area contributed by atoms with Crippen LogP contribution in [0.5, 0.6) is 0 Å². The van der Waals surface area contributed by atoms with Gasteiger partial charge in [0.15, 0.2) is 5.82 Å². The topological polar surface area (TPSA) is 80.9 Å². The number of benzene rings is 1. The van der Waals surface area contributed by atoms with Crippen molar-refractivity contribution in [2.24, 2.45) is 5.92 Å². The SMILES string of the molecule is CC(C(=O)O)C(C)n1nnnc1-c1ccc(Br)cc1F.